The zero-order valence-electron chi connectivity index (χ0n) is 18.1. The number of rotatable bonds is 9. The summed E-state index contributed by atoms with van der Waals surface area (Å²) >= 11 is 0. The standard InChI is InChI=1S/C22H31N5O3/c1-16(2)19(28)6-5-11-26-12-14-27(15-13-26)20(29)7-4-10-23-18-9-8-17(3)21-22(18)25-30-24-21/h5-6,8-9,16,23H,4,7,10-15H2,1-3H3/b6-5+. The lowest BCUT2D eigenvalue weighted by Gasteiger charge is -2.34. The van der Waals surface area contributed by atoms with Crippen LogP contribution in [0.5, 0.6) is 0 Å². The van der Waals surface area contributed by atoms with Gasteiger partial charge in [0.15, 0.2) is 11.3 Å². The number of aryl methyl sites for hydroxylation is 1. The van der Waals surface area contributed by atoms with Gasteiger partial charge in [0.25, 0.3) is 0 Å². The molecule has 1 aliphatic rings. The van der Waals surface area contributed by atoms with Gasteiger partial charge >= 0.3 is 0 Å². The number of piperazine rings is 1. The average molecular weight is 414 g/mol. The number of nitrogens with one attached hydrogen (secondary N) is 1. The third-order valence-corrected chi connectivity index (χ3v) is 5.44. The molecule has 2 aromatic rings. The number of carbonyl (C=O) groups excluding carboxylic acids is 2. The zero-order chi connectivity index (χ0) is 21.5. The third kappa shape index (κ3) is 5.66. The van der Waals surface area contributed by atoms with Crippen molar-refractivity contribution in [1.82, 2.24) is 20.1 Å². The maximum atomic E-state index is 12.5. The first-order valence-electron chi connectivity index (χ1n) is 10.6. The van der Waals surface area contributed by atoms with E-state index in [9.17, 15) is 9.59 Å². The molecule has 0 radical (unpaired) electrons. The second-order valence-electron chi connectivity index (χ2n) is 8.06. The molecule has 8 nitrogen and oxygen atoms in total. The van der Waals surface area contributed by atoms with Crippen molar-refractivity contribution in [2.75, 3.05) is 44.6 Å². The van der Waals surface area contributed by atoms with Crippen LogP contribution in [0.1, 0.15) is 32.3 Å². The van der Waals surface area contributed by atoms with Gasteiger partial charge in [-0.3, -0.25) is 14.5 Å². The Morgan fingerprint density at radius 3 is 2.63 bits per heavy atom. The van der Waals surface area contributed by atoms with Gasteiger partial charge in [0.05, 0.1) is 5.69 Å². The number of amides is 1. The van der Waals surface area contributed by atoms with Crippen molar-refractivity contribution >= 4 is 28.4 Å². The second-order valence-corrected chi connectivity index (χ2v) is 8.06. The Morgan fingerprint density at radius 1 is 1.17 bits per heavy atom. The quantitative estimate of drug-likeness (QED) is 0.499. The fourth-order valence-corrected chi connectivity index (χ4v) is 3.44. The molecular formula is C22H31N5O3. The van der Waals surface area contributed by atoms with Gasteiger partial charge in [0.2, 0.25) is 5.91 Å². The normalized spacial score (nSPS) is 15.4. The van der Waals surface area contributed by atoms with E-state index in [2.05, 4.69) is 20.5 Å². The summed E-state index contributed by atoms with van der Waals surface area (Å²) in [6.45, 7) is 10.4. The van der Waals surface area contributed by atoms with Gasteiger partial charge in [-0.2, -0.15) is 0 Å². The summed E-state index contributed by atoms with van der Waals surface area (Å²) in [7, 11) is 0. The Balaban J connectivity index is 1.35. The van der Waals surface area contributed by atoms with E-state index in [0.717, 1.165) is 61.4 Å². The monoisotopic (exact) mass is 413 g/mol. The molecule has 1 amide bonds. The highest BCUT2D eigenvalue weighted by molar-refractivity contribution is 5.91. The topological polar surface area (TPSA) is 91.6 Å². The minimum atomic E-state index is 0.0369. The van der Waals surface area contributed by atoms with Crippen LogP contribution >= 0.6 is 0 Å². The molecule has 0 spiro atoms. The van der Waals surface area contributed by atoms with Crippen molar-refractivity contribution in [3.05, 3.63) is 29.8 Å². The highest BCUT2D eigenvalue weighted by Gasteiger charge is 2.20. The Hall–Kier alpha value is -2.74. The Labute approximate surface area is 177 Å². The Bertz CT molecular complexity index is 897. The predicted molar refractivity (Wildman–Crippen MR) is 116 cm³/mol. The summed E-state index contributed by atoms with van der Waals surface area (Å²) in [4.78, 5) is 28.3. The van der Waals surface area contributed by atoms with Crippen LogP contribution in [-0.4, -0.2) is 71.1 Å². The fraction of sp³-hybridized carbons (Fsp3) is 0.545. The third-order valence-electron chi connectivity index (χ3n) is 5.44. The van der Waals surface area contributed by atoms with E-state index < -0.39 is 0 Å². The highest BCUT2D eigenvalue weighted by Crippen LogP contribution is 2.23. The lowest BCUT2D eigenvalue weighted by Crippen LogP contribution is -2.48. The van der Waals surface area contributed by atoms with Crippen LogP contribution in [0.25, 0.3) is 11.0 Å². The molecule has 8 heteroatoms. The number of aromatic nitrogens is 2. The van der Waals surface area contributed by atoms with E-state index in [1.807, 2.05) is 43.9 Å². The lowest BCUT2D eigenvalue weighted by molar-refractivity contribution is -0.132. The molecule has 1 aromatic heterocycles. The van der Waals surface area contributed by atoms with Gasteiger partial charge < -0.3 is 10.2 Å². The van der Waals surface area contributed by atoms with Crippen molar-refractivity contribution in [3.8, 4) is 0 Å². The second kappa shape index (κ2) is 10.3. The van der Waals surface area contributed by atoms with Crippen LogP contribution < -0.4 is 5.32 Å². The SMILES string of the molecule is Cc1ccc(NCCCC(=O)N2CCN(C/C=C/C(=O)C(C)C)CC2)c2nonc12. The van der Waals surface area contributed by atoms with Crippen molar-refractivity contribution in [1.29, 1.82) is 0 Å². The summed E-state index contributed by atoms with van der Waals surface area (Å²) in [5, 5.41) is 11.2. The first kappa shape index (κ1) is 22.0. The maximum absolute atomic E-state index is 12.5. The molecule has 2 heterocycles. The van der Waals surface area contributed by atoms with Crippen LogP contribution in [0.2, 0.25) is 0 Å². The number of anilines is 1. The number of allylic oxidation sites excluding steroid dienone is 1. The smallest absolute Gasteiger partial charge is 0.222 e. The van der Waals surface area contributed by atoms with Gasteiger partial charge in [0.1, 0.15) is 5.52 Å². The molecule has 0 aliphatic carbocycles. The molecule has 1 saturated heterocycles. The fourth-order valence-electron chi connectivity index (χ4n) is 3.44. The Kier molecular flexibility index (Phi) is 7.57. The van der Waals surface area contributed by atoms with E-state index in [4.69, 9.17) is 4.63 Å². The molecular weight excluding hydrogens is 382 g/mol. The number of hydrogen-bond donors (Lipinski definition) is 1. The largest absolute Gasteiger partial charge is 0.383 e. The minimum Gasteiger partial charge on any atom is -0.383 e. The van der Waals surface area contributed by atoms with Crippen LogP contribution in [0, 0.1) is 12.8 Å². The van der Waals surface area contributed by atoms with E-state index >= 15 is 0 Å². The average Bonchev–Trinajstić information content (AvgIpc) is 3.24. The summed E-state index contributed by atoms with van der Waals surface area (Å²) in [6, 6.07) is 3.94. The first-order valence-corrected chi connectivity index (χ1v) is 10.6. The van der Waals surface area contributed by atoms with E-state index in [1.165, 1.54) is 0 Å². The zero-order valence-corrected chi connectivity index (χ0v) is 18.1. The number of nitrogens with zero attached hydrogens (tertiary/aromatic N) is 4. The molecule has 3 rings (SSSR count). The first-order chi connectivity index (χ1) is 14.5. The van der Waals surface area contributed by atoms with Crippen molar-refractivity contribution in [3.63, 3.8) is 0 Å². The molecule has 0 saturated carbocycles. The molecule has 162 valence electrons. The van der Waals surface area contributed by atoms with Gasteiger partial charge in [-0.15, -0.1) is 0 Å². The summed E-state index contributed by atoms with van der Waals surface area (Å²) in [5.74, 6) is 0.387. The number of fused-ring (bicyclic) bond motifs is 1. The van der Waals surface area contributed by atoms with Crippen molar-refractivity contribution in [2.45, 2.75) is 33.6 Å². The van der Waals surface area contributed by atoms with E-state index in [-0.39, 0.29) is 17.6 Å². The molecule has 0 bridgehead atoms. The summed E-state index contributed by atoms with van der Waals surface area (Å²) in [5.41, 5.74) is 3.38. The highest BCUT2D eigenvalue weighted by atomic mass is 16.6. The van der Waals surface area contributed by atoms with E-state index in [1.54, 1.807) is 6.08 Å². The molecule has 1 fully saturated rings. The summed E-state index contributed by atoms with van der Waals surface area (Å²) < 4.78 is 4.84. The Morgan fingerprint density at radius 2 is 1.90 bits per heavy atom. The number of benzene rings is 1. The number of carbonyl (C=O) groups is 2. The lowest BCUT2D eigenvalue weighted by atomic mass is 10.1. The van der Waals surface area contributed by atoms with Gasteiger partial charge in [-0.05, 0) is 41.4 Å². The van der Waals surface area contributed by atoms with E-state index in [0.29, 0.717) is 13.0 Å². The van der Waals surface area contributed by atoms with Crippen LogP contribution in [0.3, 0.4) is 0 Å². The maximum Gasteiger partial charge on any atom is 0.222 e. The van der Waals surface area contributed by atoms with Crippen LogP contribution in [-0.2, 0) is 9.59 Å². The van der Waals surface area contributed by atoms with Gasteiger partial charge in [-0.1, -0.05) is 26.0 Å². The van der Waals surface area contributed by atoms with Crippen LogP contribution in [0.15, 0.2) is 28.9 Å². The van der Waals surface area contributed by atoms with Crippen LogP contribution in [0.4, 0.5) is 5.69 Å². The number of ketones is 1. The molecule has 1 N–H and O–H groups in total. The minimum absolute atomic E-state index is 0.0369. The molecule has 0 unspecified atom stereocenters. The molecule has 1 aliphatic heterocycles. The molecule has 30 heavy (non-hydrogen) atoms. The predicted octanol–water partition coefficient (Wildman–Crippen LogP) is 2.65. The van der Waals surface area contributed by atoms with Gasteiger partial charge in [0, 0.05) is 51.6 Å². The van der Waals surface area contributed by atoms with Crippen molar-refractivity contribution < 1.29 is 14.2 Å². The van der Waals surface area contributed by atoms with Gasteiger partial charge in [-0.25, -0.2) is 4.63 Å². The number of hydrogen-bond acceptors (Lipinski definition) is 7. The molecule has 0 atom stereocenters. The summed E-state index contributed by atoms with van der Waals surface area (Å²) in [6.07, 6.45) is 4.87. The molecule has 1 aromatic carbocycles. The van der Waals surface area contributed by atoms with Crippen molar-refractivity contribution in [2.24, 2.45) is 5.92 Å².